The zero-order chi connectivity index (χ0) is 10.5. The highest BCUT2D eigenvalue weighted by Crippen LogP contribution is 2.06. The topological polar surface area (TPSA) is 29.5 Å². The number of rotatable bonds is 0. The lowest BCUT2D eigenvalue weighted by molar-refractivity contribution is 0.0512. The Morgan fingerprint density at radius 1 is 1.23 bits per heavy atom. The maximum absolute atomic E-state index is 8.96. The van der Waals surface area contributed by atoms with Gasteiger partial charge in [0, 0.05) is 6.61 Å². The molecule has 0 amide bonds. The van der Waals surface area contributed by atoms with Crippen LogP contribution in [-0.4, -0.2) is 24.4 Å². The zero-order valence-corrected chi connectivity index (χ0v) is 9.68. The molecule has 13 heavy (non-hydrogen) atoms. The third-order valence-corrected chi connectivity index (χ3v) is 1.39. The Hall–Kier alpha value is -0.0800. The van der Waals surface area contributed by atoms with Crippen molar-refractivity contribution in [3.63, 3.8) is 0 Å². The van der Waals surface area contributed by atoms with E-state index in [0.29, 0.717) is 6.61 Å². The van der Waals surface area contributed by atoms with Crippen LogP contribution in [0.4, 0.5) is 0 Å². The first-order valence-electron chi connectivity index (χ1n) is 5.57. The smallest absolute Gasteiger partial charge is 0.0773 e. The van der Waals surface area contributed by atoms with Gasteiger partial charge in [-0.3, -0.25) is 0 Å². The molecule has 0 aromatic rings. The maximum atomic E-state index is 8.96. The van der Waals surface area contributed by atoms with Crippen molar-refractivity contribution >= 4 is 0 Å². The van der Waals surface area contributed by atoms with E-state index < -0.39 is 0 Å². The molecule has 1 heterocycles. The monoisotopic (exact) mass is 190 g/mol. The number of aliphatic hydroxyl groups is 1. The SMILES string of the molecule is CC.CCC.OC1CCCCOC1. The highest BCUT2D eigenvalue weighted by molar-refractivity contribution is 4.57. The number of aliphatic hydroxyl groups excluding tert-OH is 1. The fraction of sp³-hybridized carbons (Fsp3) is 1.00. The fourth-order valence-electron chi connectivity index (χ4n) is 0.887. The van der Waals surface area contributed by atoms with E-state index in [2.05, 4.69) is 13.8 Å². The summed E-state index contributed by atoms with van der Waals surface area (Å²) in [5, 5.41) is 8.96. The first kappa shape index (κ1) is 15.4. The van der Waals surface area contributed by atoms with Crippen molar-refractivity contribution in [1.29, 1.82) is 0 Å². The molecule has 1 aliphatic rings. The second kappa shape index (κ2) is 14.4. The minimum atomic E-state index is -0.197. The minimum absolute atomic E-state index is 0.197. The van der Waals surface area contributed by atoms with Crippen LogP contribution in [0.25, 0.3) is 0 Å². The Morgan fingerprint density at radius 3 is 2.31 bits per heavy atom. The molecule has 1 rings (SSSR count). The van der Waals surface area contributed by atoms with Crippen LogP contribution in [0.5, 0.6) is 0 Å². The summed E-state index contributed by atoms with van der Waals surface area (Å²) in [6, 6.07) is 0. The van der Waals surface area contributed by atoms with Crippen LogP contribution < -0.4 is 0 Å². The molecule has 1 unspecified atom stereocenters. The molecule has 0 aromatic carbocycles. The minimum Gasteiger partial charge on any atom is -0.391 e. The summed E-state index contributed by atoms with van der Waals surface area (Å²) in [5.74, 6) is 0. The van der Waals surface area contributed by atoms with Crippen LogP contribution in [0.3, 0.4) is 0 Å². The number of hydrogen-bond donors (Lipinski definition) is 1. The molecule has 0 saturated carbocycles. The lowest BCUT2D eigenvalue weighted by atomic mass is 10.2. The van der Waals surface area contributed by atoms with Gasteiger partial charge in [0.1, 0.15) is 0 Å². The molecule has 1 saturated heterocycles. The zero-order valence-electron chi connectivity index (χ0n) is 9.68. The highest BCUT2D eigenvalue weighted by Gasteiger charge is 2.06. The third kappa shape index (κ3) is 14.7. The normalized spacial score (nSPS) is 21.5. The number of hydrogen-bond acceptors (Lipinski definition) is 2. The van der Waals surface area contributed by atoms with Gasteiger partial charge in [-0.25, -0.2) is 0 Å². The Balaban J connectivity index is 0. The predicted molar refractivity (Wildman–Crippen MR) is 58.0 cm³/mol. The van der Waals surface area contributed by atoms with E-state index in [0.717, 1.165) is 25.9 Å². The van der Waals surface area contributed by atoms with E-state index in [9.17, 15) is 0 Å². The highest BCUT2D eigenvalue weighted by atomic mass is 16.5. The molecule has 2 heteroatoms. The molecule has 0 aliphatic carbocycles. The van der Waals surface area contributed by atoms with E-state index in [1.807, 2.05) is 13.8 Å². The molecule has 1 N–H and O–H groups in total. The van der Waals surface area contributed by atoms with Crippen molar-refractivity contribution in [3.8, 4) is 0 Å². The average molecular weight is 190 g/mol. The van der Waals surface area contributed by atoms with Crippen LogP contribution in [0.1, 0.15) is 53.4 Å². The average Bonchev–Trinajstić information content (AvgIpc) is 2.38. The summed E-state index contributed by atoms with van der Waals surface area (Å²) in [6.45, 7) is 9.62. The van der Waals surface area contributed by atoms with Crippen molar-refractivity contribution in [2.45, 2.75) is 59.5 Å². The summed E-state index contributed by atoms with van der Waals surface area (Å²) < 4.78 is 5.06. The maximum Gasteiger partial charge on any atom is 0.0773 e. The van der Waals surface area contributed by atoms with Crippen molar-refractivity contribution in [3.05, 3.63) is 0 Å². The molecule has 2 nitrogen and oxygen atoms in total. The Morgan fingerprint density at radius 2 is 1.77 bits per heavy atom. The second-order valence-electron chi connectivity index (χ2n) is 2.93. The van der Waals surface area contributed by atoms with Gasteiger partial charge in [0.05, 0.1) is 12.7 Å². The second-order valence-corrected chi connectivity index (χ2v) is 2.93. The van der Waals surface area contributed by atoms with Crippen molar-refractivity contribution in [1.82, 2.24) is 0 Å². The van der Waals surface area contributed by atoms with E-state index in [4.69, 9.17) is 9.84 Å². The number of ether oxygens (including phenoxy) is 1. The molecule has 0 radical (unpaired) electrons. The Bertz CT molecular complexity index is 66.5. The molecule has 0 aromatic heterocycles. The quantitative estimate of drug-likeness (QED) is 0.636. The van der Waals surface area contributed by atoms with Gasteiger partial charge < -0.3 is 9.84 Å². The van der Waals surface area contributed by atoms with Crippen molar-refractivity contribution in [2.24, 2.45) is 0 Å². The summed E-state index contributed by atoms with van der Waals surface area (Å²) in [5.41, 5.74) is 0. The van der Waals surface area contributed by atoms with Gasteiger partial charge in [-0.2, -0.15) is 0 Å². The summed E-state index contributed by atoms with van der Waals surface area (Å²) >= 11 is 0. The van der Waals surface area contributed by atoms with Gasteiger partial charge in [0.25, 0.3) is 0 Å². The van der Waals surface area contributed by atoms with Gasteiger partial charge in [-0.15, -0.1) is 0 Å². The fourth-order valence-corrected chi connectivity index (χ4v) is 0.887. The summed E-state index contributed by atoms with van der Waals surface area (Å²) in [6.07, 6.45) is 4.19. The third-order valence-electron chi connectivity index (χ3n) is 1.39. The van der Waals surface area contributed by atoms with Crippen LogP contribution >= 0.6 is 0 Å². The summed E-state index contributed by atoms with van der Waals surface area (Å²) in [7, 11) is 0. The largest absolute Gasteiger partial charge is 0.391 e. The standard InChI is InChI=1S/C6H12O2.C3H8.C2H6/c7-6-3-1-2-4-8-5-6;1-3-2;1-2/h6-7H,1-5H2;3H2,1-2H3;1-2H3. The van der Waals surface area contributed by atoms with Crippen molar-refractivity contribution in [2.75, 3.05) is 13.2 Å². The van der Waals surface area contributed by atoms with Crippen LogP contribution in [0, 0.1) is 0 Å². The first-order valence-corrected chi connectivity index (χ1v) is 5.57. The molecule has 0 spiro atoms. The van der Waals surface area contributed by atoms with E-state index in [-0.39, 0.29) is 6.10 Å². The molecule has 0 bridgehead atoms. The van der Waals surface area contributed by atoms with Gasteiger partial charge in [-0.05, 0) is 19.3 Å². The van der Waals surface area contributed by atoms with Gasteiger partial charge >= 0.3 is 0 Å². The molecule has 1 fully saturated rings. The molecular formula is C11H26O2. The van der Waals surface area contributed by atoms with Crippen LogP contribution in [-0.2, 0) is 4.74 Å². The van der Waals surface area contributed by atoms with Gasteiger partial charge in [0.2, 0.25) is 0 Å². The van der Waals surface area contributed by atoms with Crippen molar-refractivity contribution < 1.29 is 9.84 Å². The Labute approximate surface area is 83.3 Å². The van der Waals surface area contributed by atoms with Crippen LogP contribution in [0.15, 0.2) is 0 Å². The van der Waals surface area contributed by atoms with E-state index >= 15 is 0 Å². The molecule has 1 aliphatic heterocycles. The van der Waals surface area contributed by atoms with E-state index in [1.54, 1.807) is 0 Å². The molecule has 82 valence electrons. The predicted octanol–water partition coefficient (Wildman–Crippen LogP) is 2.99. The van der Waals surface area contributed by atoms with Gasteiger partial charge in [0.15, 0.2) is 0 Å². The summed E-state index contributed by atoms with van der Waals surface area (Å²) in [4.78, 5) is 0. The van der Waals surface area contributed by atoms with E-state index in [1.165, 1.54) is 6.42 Å². The van der Waals surface area contributed by atoms with Crippen LogP contribution in [0.2, 0.25) is 0 Å². The molecular weight excluding hydrogens is 164 g/mol. The van der Waals surface area contributed by atoms with Gasteiger partial charge in [-0.1, -0.05) is 34.1 Å². The lowest BCUT2D eigenvalue weighted by Crippen LogP contribution is -2.11. The first-order chi connectivity index (χ1) is 6.31. The Kier molecular flexibility index (Phi) is 17.1. The lowest BCUT2D eigenvalue weighted by Gasteiger charge is -2.02. The molecule has 1 atom stereocenters.